The molecule has 0 aromatic heterocycles. The average molecular weight is 197 g/mol. The molecular formula is C12H23NO. The zero-order chi connectivity index (χ0) is 11.2. The van der Waals surface area contributed by atoms with Gasteiger partial charge in [0.2, 0.25) is 0 Å². The van der Waals surface area contributed by atoms with Gasteiger partial charge >= 0.3 is 0 Å². The molecule has 0 heterocycles. The molecule has 0 unspecified atom stereocenters. The van der Waals surface area contributed by atoms with Crippen LogP contribution in [0.1, 0.15) is 27.7 Å². The van der Waals surface area contributed by atoms with E-state index in [0.29, 0.717) is 6.73 Å². The molecule has 0 aliphatic carbocycles. The smallest absolute Gasteiger partial charge is 0.116 e. The number of anilines is 1. The molecule has 0 aliphatic heterocycles. The van der Waals surface area contributed by atoms with E-state index >= 15 is 0 Å². The lowest BCUT2D eigenvalue weighted by atomic mass is 10.3. The Hall–Kier alpha value is -1.02. The van der Waals surface area contributed by atoms with Gasteiger partial charge in [-0.2, -0.15) is 0 Å². The summed E-state index contributed by atoms with van der Waals surface area (Å²) in [5, 5.41) is 3.07. The molecule has 0 fully saturated rings. The van der Waals surface area contributed by atoms with Crippen LogP contribution in [-0.2, 0) is 4.74 Å². The number of para-hydroxylation sites is 1. The highest BCUT2D eigenvalue weighted by atomic mass is 16.5. The molecule has 1 N–H and O–H groups in total. The lowest BCUT2D eigenvalue weighted by Crippen LogP contribution is -2.01. The Labute approximate surface area is 88.3 Å². The van der Waals surface area contributed by atoms with Gasteiger partial charge in [0.1, 0.15) is 6.73 Å². The third-order valence-electron chi connectivity index (χ3n) is 1.19. The second-order valence-corrected chi connectivity index (χ2v) is 1.98. The van der Waals surface area contributed by atoms with Gasteiger partial charge in [0.05, 0.1) is 0 Å². The van der Waals surface area contributed by atoms with Gasteiger partial charge in [-0.1, -0.05) is 45.9 Å². The molecule has 2 nitrogen and oxygen atoms in total. The minimum Gasteiger partial charge on any atom is -0.365 e. The molecule has 0 amide bonds. The first-order valence-corrected chi connectivity index (χ1v) is 5.21. The number of hydrogen-bond donors (Lipinski definition) is 1. The van der Waals surface area contributed by atoms with E-state index in [0.717, 1.165) is 5.69 Å². The lowest BCUT2D eigenvalue weighted by molar-refractivity contribution is 0.221. The standard InChI is InChI=1S/C8H11NO.2C2H6/c1-10-7-9-8-5-3-2-4-6-8;2*1-2/h2-6,9H,7H2,1H3;2*1-2H3. The second kappa shape index (κ2) is 14.5. The van der Waals surface area contributed by atoms with Crippen LogP contribution in [0.25, 0.3) is 0 Å². The fraction of sp³-hybridized carbons (Fsp3) is 0.500. The fourth-order valence-electron chi connectivity index (χ4n) is 0.712. The van der Waals surface area contributed by atoms with E-state index in [1.54, 1.807) is 7.11 Å². The van der Waals surface area contributed by atoms with Gasteiger partial charge in [0, 0.05) is 12.8 Å². The summed E-state index contributed by atoms with van der Waals surface area (Å²) in [6, 6.07) is 9.95. The van der Waals surface area contributed by atoms with Gasteiger partial charge in [0.15, 0.2) is 0 Å². The summed E-state index contributed by atoms with van der Waals surface area (Å²) in [6.07, 6.45) is 0. The van der Waals surface area contributed by atoms with Crippen LogP contribution >= 0.6 is 0 Å². The van der Waals surface area contributed by atoms with E-state index in [-0.39, 0.29) is 0 Å². The highest BCUT2D eigenvalue weighted by Gasteiger charge is 1.84. The lowest BCUT2D eigenvalue weighted by Gasteiger charge is -2.02. The molecule has 0 saturated carbocycles. The predicted octanol–water partition coefficient (Wildman–Crippen LogP) is 3.75. The molecule has 2 heteroatoms. The summed E-state index contributed by atoms with van der Waals surface area (Å²) in [5.41, 5.74) is 1.09. The SMILES string of the molecule is CC.CC.COCNc1ccccc1. The van der Waals surface area contributed by atoms with E-state index in [1.165, 1.54) is 0 Å². The van der Waals surface area contributed by atoms with Crippen molar-refractivity contribution in [3.8, 4) is 0 Å². The summed E-state index contributed by atoms with van der Waals surface area (Å²) >= 11 is 0. The quantitative estimate of drug-likeness (QED) is 0.745. The van der Waals surface area contributed by atoms with E-state index in [4.69, 9.17) is 4.74 Å². The Morgan fingerprint density at radius 2 is 1.50 bits per heavy atom. The Bertz CT molecular complexity index is 175. The zero-order valence-electron chi connectivity index (χ0n) is 10.0. The fourth-order valence-corrected chi connectivity index (χ4v) is 0.712. The average Bonchev–Trinajstić information content (AvgIpc) is 2.33. The molecule has 0 saturated heterocycles. The number of hydrogen-bond acceptors (Lipinski definition) is 2. The maximum atomic E-state index is 4.83. The van der Waals surface area contributed by atoms with Crippen molar-refractivity contribution in [1.82, 2.24) is 0 Å². The van der Waals surface area contributed by atoms with Crippen molar-refractivity contribution in [2.45, 2.75) is 27.7 Å². The number of methoxy groups -OCH3 is 1. The number of benzene rings is 1. The normalized spacial score (nSPS) is 7.50. The third-order valence-corrected chi connectivity index (χ3v) is 1.19. The molecular weight excluding hydrogens is 174 g/mol. The predicted molar refractivity (Wildman–Crippen MR) is 64.6 cm³/mol. The first kappa shape index (κ1) is 15.5. The van der Waals surface area contributed by atoms with E-state index in [1.807, 2.05) is 58.0 Å². The summed E-state index contributed by atoms with van der Waals surface area (Å²) in [4.78, 5) is 0. The Morgan fingerprint density at radius 3 is 1.93 bits per heavy atom. The number of ether oxygens (including phenoxy) is 1. The molecule has 0 spiro atoms. The maximum Gasteiger partial charge on any atom is 0.116 e. The molecule has 1 rings (SSSR count). The minimum absolute atomic E-state index is 0.560. The summed E-state index contributed by atoms with van der Waals surface area (Å²) in [7, 11) is 1.66. The van der Waals surface area contributed by atoms with Crippen LogP contribution in [0, 0.1) is 0 Å². The Balaban J connectivity index is 0. The first-order valence-electron chi connectivity index (χ1n) is 5.21. The highest BCUT2D eigenvalue weighted by molar-refractivity contribution is 5.41. The van der Waals surface area contributed by atoms with Crippen molar-refractivity contribution >= 4 is 5.69 Å². The van der Waals surface area contributed by atoms with Gasteiger partial charge in [-0.3, -0.25) is 0 Å². The minimum atomic E-state index is 0.560. The van der Waals surface area contributed by atoms with Crippen LogP contribution in [0.5, 0.6) is 0 Å². The Kier molecular flexibility index (Phi) is 16.0. The monoisotopic (exact) mass is 197 g/mol. The van der Waals surface area contributed by atoms with Crippen molar-refractivity contribution in [1.29, 1.82) is 0 Å². The van der Waals surface area contributed by atoms with Crippen molar-refractivity contribution in [3.05, 3.63) is 30.3 Å². The topological polar surface area (TPSA) is 21.3 Å². The molecule has 1 aromatic carbocycles. The van der Waals surface area contributed by atoms with Crippen LogP contribution in [0.15, 0.2) is 30.3 Å². The molecule has 0 aliphatic rings. The van der Waals surface area contributed by atoms with Crippen LogP contribution in [-0.4, -0.2) is 13.8 Å². The van der Waals surface area contributed by atoms with E-state index in [9.17, 15) is 0 Å². The van der Waals surface area contributed by atoms with Crippen LogP contribution in [0.4, 0.5) is 5.69 Å². The van der Waals surface area contributed by atoms with Crippen molar-refractivity contribution in [2.75, 3.05) is 19.2 Å². The van der Waals surface area contributed by atoms with Crippen LogP contribution in [0.2, 0.25) is 0 Å². The molecule has 1 aromatic rings. The van der Waals surface area contributed by atoms with Gasteiger partial charge in [-0.15, -0.1) is 0 Å². The van der Waals surface area contributed by atoms with Gasteiger partial charge in [0.25, 0.3) is 0 Å². The van der Waals surface area contributed by atoms with Gasteiger partial charge in [-0.25, -0.2) is 0 Å². The molecule has 0 radical (unpaired) electrons. The molecule has 82 valence electrons. The highest BCUT2D eigenvalue weighted by Crippen LogP contribution is 2.03. The van der Waals surface area contributed by atoms with E-state index in [2.05, 4.69) is 5.32 Å². The van der Waals surface area contributed by atoms with Crippen molar-refractivity contribution in [3.63, 3.8) is 0 Å². The molecule has 14 heavy (non-hydrogen) atoms. The molecule has 0 atom stereocenters. The van der Waals surface area contributed by atoms with E-state index < -0.39 is 0 Å². The zero-order valence-corrected chi connectivity index (χ0v) is 10.0. The summed E-state index contributed by atoms with van der Waals surface area (Å²) in [6.45, 7) is 8.56. The van der Waals surface area contributed by atoms with Crippen LogP contribution < -0.4 is 5.32 Å². The second-order valence-electron chi connectivity index (χ2n) is 1.98. The van der Waals surface area contributed by atoms with Gasteiger partial charge < -0.3 is 10.1 Å². The van der Waals surface area contributed by atoms with Crippen molar-refractivity contribution in [2.24, 2.45) is 0 Å². The number of nitrogens with one attached hydrogen (secondary N) is 1. The summed E-state index contributed by atoms with van der Waals surface area (Å²) in [5.74, 6) is 0. The summed E-state index contributed by atoms with van der Waals surface area (Å²) < 4.78 is 4.83. The molecule has 0 bridgehead atoms. The van der Waals surface area contributed by atoms with Crippen LogP contribution in [0.3, 0.4) is 0 Å². The van der Waals surface area contributed by atoms with Gasteiger partial charge in [-0.05, 0) is 12.1 Å². The van der Waals surface area contributed by atoms with Crippen molar-refractivity contribution < 1.29 is 4.74 Å². The maximum absolute atomic E-state index is 4.83. The Morgan fingerprint density at radius 1 is 1.00 bits per heavy atom. The number of rotatable bonds is 3. The third kappa shape index (κ3) is 9.07. The largest absolute Gasteiger partial charge is 0.365 e. The first-order chi connectivity index (χ1) is 6.93.